The Kier molecular flexibility index (Phi) is 3.01. The average molecular weight is 290 g/mol. The van der Waals surface area contributed by atoms with Crippen LogP contribution in [-0.2, 0) is 4.79 Å². The molecule has 0 spiro atoms. The summed E-state index contributed by atoms with van der Waals surface area (Å²) >= 11 is 0. The predicted molar refractivity (Wildman–Crippen MR) is 79.7 cm³/mol. The lowest BCUT2D eigenvalue weighted by atomic mass is 9.52. The van der Waals surface area contributed by atoms with Crippen LogP contribution in [0.3, 0.4) is 0 Å². The van der Waals surface area contributed by atoms with Gasteiger partial charge in [-0.15, -0.1) is 0 Å². The van der Waals surface area contributed by atoms with Gasteiger partial charge in [-0.05, 0) is 79.6 Å². The molecule has 0 unspecified atom stereocenters. The second kappa shape index (κ2) is 4.58. The van der Waals surface area contributed by atoms with Crippen LogP contribution in [0.4, 0.5) is 0 Å². The zero-order valence-corrected chi connectivity index (χ0v) is 12.8. The molecule has 3 fully saturated rings. The molecule has 3 saturated carbocycles. The number of carbonyl (C=O) groups is 1. The Hall–Kier alpha value is -0.830. The summed E-state index contributed by atoms with van der Waals surface area (Å²) in [5, 5.41) is 20.5. The minimum atomic E-state index is -0.123. The van der Waals surface area contributed by atoms with Crippen molar-refractivity contribution in [3.63, 3.8) is 0 Å². The third kappa shape index (κ3) is 1.79. The maximum absolute atomic E-state index is 11.7. The van der Waals surface area contributed by atoms with E-state index in [2.05, 4.69) is 6.92 Å². The van der Waals surface area contributed by atoms with Crippen molar-refractivity contribution >= 4 is 5.78 Å². The Morgan fingerprint density at radius 1 is 1.05 bits per heavy atom. The highest BCUT2D eigenvalue weighted by atomic mass is 16.3. The molecule has 0 radical (unpaired) electrons. The highest BCUT2D eigenvalue weighted by molar-refractivity contribution is 5.94. The SMILES string of the molecule is C[C@]12CC[C@H]3[C@H](CCC4=C(O)C(=O)CC[C@H]43)[C@H]1CC[C@@H]2O. The lowest BCUT2D eigenvalue weighted by Gasteiger charge is -2.53. The van der Waals surface area contributed by atoms with E-state index >= 15 is 0 Å². The van der Waals surface area contributed by atoms with Gasteiger partial charge in [-0.2, -0.15) is 0 Å². The molecule has 0 aromatic heterocycles. The molecular weight excluding hydrogens is 264 g/mol. The monoisotopic (exact) mass is 290 g/mol. The van der Waals surface area contributed by atoms with Crippen molar-refractivity contribution in [2.45, 2.75) is 64.4 Å². The summed E-state index contributed by atoms with van der Waals surface area (Å²) in [6, 6.07) is 0. The van der Waals surface area contributed by atoms with E-state index in [9.17, 15) is 15.0 Å². The molecule has 4 aliphatic rings. The molecule has 0 bridgehead atoms. The van der Waals surface area contributed by atoms with Gasteiger partial charge in [0, 0.05) is 6.42 Å². The zero-order valence-electron chi connectivity index (χ0n) is 12.8. The number of aliphatic hydroxyl groups excluding tert-OH is 2. The summed E-state index contributed by atoms with van der Waals surface area (Å²) in [5.41, 5.74) is 1.18. The first-order valence-electron chi connectivity index (χ1n) is 8.65. The van der Waals surface area contributed by atoms with Crippen molar-refractivity contribution in [1.29, 1.82) is 0 Å². The van der Waals surface area contributed by atoms with E-state index in [1.807, 2.05) is 0 Å². The van der Waals surface area contributed by atoms with E-state index in [0.29, 0.717) is 30.1 Å². The lowest BCUT2D eigenvalue weighted by molar-refractivity contribution is -0.120. The van der Waals surface area contributed by atoms with Crippen LogP contribution in [-0.4, -0.2) is 22.1 Å². The smallest absolute Gasteiger partial charge is 0.197 e. The quantitative estimate of drug-likeness (QED) is 0.719. The van der Waals surface area contributed by atoms with E-state index < -0.39 is 0 Å². The first-order valence-corrected chi connectivity index (χ1v) is 8.65. The number of hydrogen-bond donors (Lipinski definition) is 2. The van der Waals surface area contributed by atoms with Crippen molar-refractivity contribution < 1.29 is 15.0 Å². The van der Waals surface area contributed by atoms with Crippen LogP contribution < -0.4 is 0 Å². The van der Waals surface area contributed by atoms with Crippen molar-refractivity contribution in [2.24, 2.45) is 29.1 Å². The summed E-state index contributed by atoms with van der Waals surface area (Å²) in [6.07, 6.45) is 7.72. The fraction of sp³-hybridized carbons (Fsp3) is 0.833. The number of carbonyl (C=O) groups excluding carboxylic acids is 1. The van der Waals surface area contributed by atoms with E-state index in [1.165, 1.54) is 0 Å². The molecule has 4 aliphatic carbocycles. The number of aliphatic hydroxyl groups is 2. The fourth-order valence-corrected chi connectivity index (χ4v) is 6.24. The first kappa shape index (κ1) is 13.8. The normalized spacial score (nSPS) is 49.6. The molecule has 3 heteroatoms. The van der Waals surface area contributed by atoms with Gasteiger partial charge in [-0.3, -0.25) is 4.79 Å². The van der Waals surface area contributed by atoms with Gasteiger partial charge in [0.2, 0.25) is 0 Å². The number of allylic oxidation sites excluding steroid dienone is 1. The number of rotatable bonds is 0. The van der Waals surface area contributed by atoms with Gasteiger partial charge in [0.15, 0.2) is 11.5 Å². The van der Waals surface area contributed by atoms with Gasteiger partial charge in [-0.25, -0.2) is 0 Å². The van der Waals surface area contributed by atoms with Crippen LogP contribution in [0.2, 0.25) is 0 Å². The van der Waals surface area contributed by atoms with Gasteiger partial charge in [0.25, 0.3) is 0 Å². The third-order valence-electron chi connectivity index (χ3n) is 7.40. The fourth-order valence-electron chi connectivity index (χ4n) is 6.24. The molecule has 0 aliphatic heterocycles. The highest BCUT2D eigenvalue weighted by Crippen LogP contribution is 2.61. The summed E-state index contributed by atoms with van der Waals surface area (Å²) < 4.78 is 0. The first-order chi connectivity index (χ1) is 10.0. The molecular formula is C18H26O3. The predicted octanol–water partition coefficient (Wildman–Crippen LogP) is 3.37. The van der Waals surface area contributed by atoms with Crippen LogP contribution in [0.25, 0.3) is 0 Å². The van der Waals surface area contributed by atoms with Gasteiger partial charge in [-0.1, -0.05) is 6.92 Å². The largest absolute Gasteiger partial charge is 0.504 e. The minimum Gasteiger partial charge on any atom is -0.504 e. The van der Waals surface area contributed by atoms with Crippen LogP contribution in [0.1, 0.15) is 58.3 Å². The molecule has 0 heterocycles. The molecule has 21 heavy (non-hydrogen) atoms. The van der Waals surface area contributed by atoms with E-state index in [4.69, 9.17) is 0 Å². The standard InChI is InChI=1S/C18H26O3/c1-18-9-8-11-10-4-6-15(19)17(21)13(10)3-2-12(11)14(18)5-7-16(18)20/h10-12,14,16,20-21H,2-9H2,1H3/t10-,11+,12-,14+,16-,18-/m0/s1. The maximum Gasteiger partial charge on any atom is 0.197 e. The van der Waals surface area contributed by atoms with Gasteiger partial charge in [0.1, 0.15) is 0 Å². The van der Waals surface area contributed by atoms with Crippen molar-refractivity contribution in [3.05, 3.63) is 11.3 Å². The Balaban J connectivity index is 1.66. The Morgan fingerprint density at radius 3 is 2.67 bits per heavy atom. The Morgan fingerprint density at radius 2 is 1.86 bits per heavy atom. The average Bonchev–Trinajstić information content (AvgIpc) is 2.78. The molecule has 116 valence electrons. The second-order valence-electron chi connectivity index (χ2n) is 8.05. The number of fused-ring (bicyclic) bond motifs is 5. The third-order valence-corrected chi connectivity index (χ3v) is 7.40. The lowest BCUT2D eigenvalue weighted by Crippen LogP contribution is -2.47. The summed E-state index contributed by atoms with van der Waals surface area (Å²) in [5.74, 6) is 2.46. The molecule has 6 atom stereocenters. The molecule has 2 N–H and O–H groups in total. The molecule has 0 aromatic rings. The van der Waals surface area contributed by atoms with Gasteiger partial charge in [0.05, 0.1) is 6.10 Å². The van der Waals surface area contributed by atoms with E-state index in [-0.39, 0.29) is 23.1 Å². The van der Waals surface area contributed by atoms with Crippen molar-refractivity contribution in [1.82, 2.24) is 0 Å². The molecule has 0 saturated heterocycles. The molecule has 4 rings (SSSR count). The van der Waals surface area contributed by atoms with E-state index in [1.54, 1.807) is 0 Å². The zero-order chi connectivity index (χ0) is 14.8. The summed E-state index contributed by atoms with van der Waals surface area (Å²) in [7, 11) is 0. The number of Topliss-reactive ketones (excluding diaryl/α,β-unsaturated/α-hetero) is 1. The highest BCUT2D eigenvalue weighted by Gasteiger charge is 2.56. The van der Waals surface area contributed by atoms with Crippen LogP contribution in [0, 0.1) is 29.1 Å². The van der Waals surface area contributed by atoms with Crippen LogP contribution in [0.15, 0.2) is 11.3 Å². The van der Waals surface area contributed by atoms with Crippen LogP contribution >= 0.6 is 0 Å². The van der Waals surface area contributed by atoms with Gasteiger partial charge < -0.3 is 10.2 Å². The van der Waals surface area contributed by atoms with Gasteiger partial charge >= 0.3 is 0 Å². The van der Waals surface area contributed by atoms with Crippen molar-refractivity contribution in [2.75, 3.05) is 0 Å². The molecule has 0 amide bonds. The number of ketones is 1. The van der Waals surface area contributed by atoms with E-state index in [0.717, 1.165) is 50.5 Å². The molecule has 0 aromatic carbocycles. The number of hydrogen-bond acceptors (Lipinski definition) is 3. The van der Waals surface area contributed by atoms with Crippen molar-refractivity contribution in [3.8, 4) is 0 Å². The Labute approximate surface area is 126 Å². The minimum absolute atomic E-state index is 0.0448. The summed E-state index contributed by atoms with van der Waals surface area (Å²) in [4.78, 5) is 11.7. The Bertz CT molecular complexity index is 509. The molecule has 3 nitrogen and oxygen atoms in total. The van der Waals surface area contributed by atoms with Crippen LogP contribution in [0.5, 0.6) is 0 Å². The maximum atomic E-state index is 11.7. The topological polar surface area (TPSA) is 57.5 Å². The second-order valence-corrected chi connectivity index (χ2v) is 8.05. The summed E-state index contributed by atoms with van der Waals surface area (Å²) in [6.45, 7) is 2.29.